The lowest BCUT2D eigenvalue weighted by molar-refractivity contribution is 0.102. The Labute approximate surface area is 172 Å². The summed E-state index contributed by atoms with van der Waals surface area (Å²) in [6.07, 6.45) is 4.12. The molecule has 0 aliphatic heterocycles. The molecule has 0 atom stereocenters. The first-order valence-corrected chi connectivity index (χ1v) is 10.5. The Hall–Kier alpha value is -2.62. The Balaban J connectivity index is 1.64. The second-order valence-electron chi connectivity index (χ2n) is 6.72. The fourth-order valence-corrected chi connectivity index (χ4v) is 4.92. The van der Waals surface area contributed by atoms with Crippen molar-refractivity contribution in [2.45, 2.75) is 39.2 Å². The van der Waals surface area contributed by atoms with Crippen LogP contribution in [0.3, 0.4) is 0 Å². The van der Waals surface area contributed by atoms with Gasteiger partial charge in [-0.25, -0.2) is 0 Å². The van der Waals surface area contributed by atoms with E-state index in [9.17, 15) is 10.1 Å². The zero-order valence-electron chi connectivity index (χ0n) is 15.5. The lowest BCUT2D eigenvalue weighted by Crippen LogP contribution is -2.13. The molecule has 1 N–H and O–H groups in total. The number of anilines is 1. The predicted octanol–water partition coefficient (Wildman–Crippen LogP) is 5.29. The molecule has 1 aromatic carbocycles. The van der Waals surface area contributed by atoms with Gasteiger partial charge in [0, 0.05) is 16.4 Å². The average Bonchev–Trinajstić information content (AvgIpc) is 3.29. The van der Waals surface area contributed by atoms with Crippen LogP contribution in [-0.2, 0) is 19.4 Å². The van der Waals surface area contributed by atoms with Crippen molar-refractivity contribution in [3.05, 3.63) is 57.1 Å². The van der Waals surface area contributed by atoms with Gasteiger partial charge in [-0.05, 0) is 61.9 Å². The quantitative estimate of drug-likeness (QED) is 0.635. The van der Waals surface area contributed by atoms with Gasteiger partial charge in [0.2, 0.25) is 0 Å². The Morgan fingerprint density at radius 1 is 1.32 bits per heavy atom. The van der Waals surface area contributed by atoms with Gasteiger partial charge in [-0.1, -0.05) is 23.7 Å². The van der Waals surface area contributed by atoms with Crippen molar-refractivity contribution in [3.8, 4) is 17.3 Å². The van der Waals surface area contributed by atoms with E-state index in [4.69, 9.17) is 11.6 Å². The highest BCUT2D eigenvalue weighted by atomic mass is 35.5. The molecule has 3 aromatic rings. The molecule has 0 spiro atoms. The molecule has 142 valence electrons. The summed E-state index contributed by atoms with van der Waals surface area (Å²) in [5.74, 6) is -0.294. The maximum atomic E-state index is 12.9. The van der Waals surface area contributed by atoms with Crippen molar-refractivity contribution >= 4 is 33.8 Å². The summed E-state index contributed by atoms with van der Waals surface area (Å²) in [7, 11) is 0. The van der Waals surface area contributed by atoms with E-state index >= 15 is 0 Å². The maximum absolute atomic E-state index is 12.9. The number of carbonyl (C=O) groups is 1. The van der Waals surface area contributed by atoms with Gasteiger partial charge in [0.25, 0.3) is 5.91 Å². The highest BCUT2D eigenvalue weighted by Gasteiger charge is 2.23. The minimum Gasteiger partial charge on any atom is -0.311 e. The number of benzene rings is 1. The molecule has 5 nitrogen and oxygen atoms in total. The number of halogens is 1. The summed E-state index contributed by atoms with van der Waals surface area (Å²) in [4.78, 5) is 14.1. The first-order valence-electron chi connectivity index (χ1n) is 9.30. The van der Waals surface area contributed by atoms with Crippen LogP contribution in [0, 0.1) is 11.3 Å². The summed E-state index contributed by atoms with van der Waals surface area (Å²) < 4.78 is 1.79. The van der Waals surface area contributed by atoms with Crippen molar-refractivity contribution in [3.63, 3.8) is 0 Å². The molecule has 2 aromatic heterocycles. The molecule has 1 aliphatic rings. The highest BCUT2D eigenvalue weighted by molar-refractivity contribution is 7.16. The predicted molar refractivity (Wildman–Crippen MR) is 112 cm³/mol. The molecule has 28 heavy (non-hydrogen) atoms. The number of fused-ring (bicyclic) bond motifs is 1. The molecule has 1 amide bonds. The summed E-state index contributed by atoms with van der Waals surface area (Å²) in [5.41, 5.74) is 3.86. The number of thiophene rings is 1. The molecule has 0 saturated heterocycles. The van der Waals surface area contributed by atoms with Crippen molar-refractivity contribution < 1.29 is 4.79 Å². The minimum absolute atomic E-state index is 0.294. The van der Waals surface area contributed by atoms with E-state index in [0.29, 0.717) is 27.8 Å². The molecule has 0 fully saturated rings. The van der Waals surface area contributed by atoms with Crippen LogP contribution in [0.25, 0.3) is 11.3 Å². The molecule has 0 radical (unpaired) electrons. The van der Waals surface area contributed by atoms with Gasteiger partial charge in [-0.3, -0.25) is 9.48 Å². The van der Waals surface area contributed by atoms with Crippen molar-refractivity contribution in [1.82, 2.24) is 9.78 Å². The molecular formula is C21H19ClN4OS. The molecule has 0 bridgehead atoms. The number of nitrogens with zero attached hydrogens (tertiary/aromatic N) is 3. The number of hydrogen-bond donors (Lipinski definition) is 1. The molecule has 2 heterocycles. The normalized spacial score (nSPS) is 13.0. The molecule has 7 heteroatoms. The number of aryl methyl sites for hydroxylation is 2. The maximum Gasteiger partial charge on any atom is 0.276 e. The van der Waals surface area contributed by atoms with Crippen molar-refractivity contribution in [2.24, 2.45) is 0 Å². The minimum atomic E-state index is -0.294. The first-order chi connectivity index (χ1) is 13.6. The van der Waals surface area contributed by atoms with Crippen LogP contribution < -0.4 is 5.32 Å². The number of hydrogen-bond acceptors (Lipinski definition) is 4. The van der Waals surface area contributed by atoms with Crippen molar-refractivity contribution in [1.29, 1.82) is 5.26 Å². The second-order valence-corrected chi connectivity index (χ2v) is 8.26. The van der Waals surface area contributed by atoms with Gasteiger partial charge in [-0.15, -0.1) is 11.3 Å². The van der Waals surface area contributed by atoms with Gasteiger partial charge in [0.15, 0.2) is 5.69 Å². The van der Waals surface area contributed by atoms with Crippen LogP contribution >= 0.6 is 22.9 Å². The third-order valence-electron chi connectivity index (χ3n) is 4.96. The number of rotatable bonds is 4. The Morgan fingerprint density at radius 3 is 2.79 bits per heavy atom. The van der Waals surface area contributed by atoms with E-state index in [1.54, 1.807) is 10.7 Å². The van der Waals surface area contributed by atoms with Crippen LogP contribution in [-0.4, -0.2) is 15.7 Å². The molecule has 1 aliphatic carbocycles. The lowest BCUT2D eigenvalue weighted by Gasteiger charge is -2.09. The standard InChI is InChI=1S/C21H19ClN4OS/c1-2-26-18(13-7-9-14(22)10-8-13)11-17(25-26)20(27)24-21-16(12-23)15-5-3-4-6-19(15)28-21/h7-11H,2-6H2,1H3,(H,24,27). The van der Waals surface area contributed by atoms with E-state index in [2.05, 4.69) is 16.5 Å². The molecule has 0 saturated carbocycles. The highest BCUT2D eigenvalue weighted by Crippen LogP contribution is 2.37. The van der Waals surface area contributed by atoms with Crippen LogP contribution in [0.15, 0.2) is 30.3 Å². The number of nitrogens with one attached hydrogen (secondary N) is 1. The van der Waals surface area contributed by atoms with Crippen LogP contribution in [0.1, 0.15) is 46.3 Å². The number of amides is 1. The summed E-state index contributed by atoms with van der Waals surface area (Å²) in [6, 6.07) is 11.5. The number of aromatic nitrogens is 2. The van der Waals surface area contributed by atoms with Crippen LogP contribution in [0.4, 0.5) is 5.00 Å². The van der Waals surface area contributed by atoms with Gasteiger partial charge in [-0.2, -0.15) is 10.4 Å². The van der Waals surface area contributed by atoms with E-state index in [0.717, 1.165) is 42.5 Å². The Morgan fingerprint density at radius 2 is 2.07 bits per heavy atom. The second kappa shape index (κ2) is 7.78. The largest absolute Gasteiger partial charge is 0.311 e. The smallest absolute Gasteiger partial charge is 0.276 e. The third kappa shape index (κ3) is 3.44. The van der Waals surface area contributed by atoms with E-state index in [1.807, 2.05) is 31.2 Å². The molecule has 4 rings (SSSR count). The van der Waals surface area contributed by atoms with Gasteiger partial charge < -0.3 is 5.32 Å². The van der Waals surface area contributed by atoms with Crippen LogP contribution in [0.5, 0.6) is 0 Å². The van der Waals surface area contributed by atoms with Gasteiger partial charge in [0.1, 0.15) is 11.1 Å². The Bertz CT molecular complexity index is 1080. The summed E-state index contributed by atoms with van der Waals surface area (Å²) in [5, 5.41) is 18.3. The first kappa shape index (κ1) is 18.7. The van der Waals surface area contributed by atoms with E-state index < -0.39 is 0 Å². The SMILES string of the molecule is CCn1nc(C(=O)Nc2sc3c(c2C#N)CCCC3)cc1-c1ccc(Cl)cc1. The van der Waals surface area contributed by atoms with Gasteiger partial charge >= 0.3 is 0 Å². The zero-order valence-corrected chi connectivity index (χ0v) is 17.0. The topological polar surface area (TPSA) is 70.7 Å². The average molecular weight is 411 g/mol. The zero-order chi connectivity index (χ0) is 19.7. The Kier molecular flexibility index (Phi) is 5.21. The number of nitriles is 1. The summed E-state index contributed by atoms with van der Waals surface area (Å²) in [6.45, 7) is 2.62. The summed E-state index contributed by atoms with van der Waals surface area (Å²) >= 11 is 7.50. The van der Waals surface area contributed by atoms with Gasteiger partial charge in [0.05, 0.1) is 11.3 Å². The fourth-order valence-electron chi connectivity index (χ4n) is 3.56. The monoisotopic (exact) mass is 410 g/mol. The fraction of sp³-hybridized carbons (Fsp3) is 0.286. The molecular weight excluding hydrogens is 392 g/mol. The van der Waals surface area contributed by atoms with Crippen LogP contribution in [0.2, 0.25) is 5.02 Å². The third-order valence-corrected chi connectivity index (χ3v) is 6.42. The lowest BCUT2D eigenvalue weighted by atomic mass is 9.96. The van der Waals surface area contributed by atoms with E-state index in [-0.39, 0.29) is 5.91 Å². The number of carbonyl (C=O) groups excluding carboxylic acids is 1. The van der Waals surface area contributed by atoms with E-state index in [1.165, 1.54) is 16.2 Å². The van der Waals surface area contributed by atoms with Crippen molar-refractivity contribution in [2.75, 3.05) is 5.32 Å². The molecule has 0 unspecified atom stereocenters.